The maximum atomic E-state index is 11.7. The van der Waals surface area contributed by atoms with Gasteiger partial charge in [0.25, 0.3) is 0 Å². The van der Waals surface area contributed by atoms with Gasteiger partial charge >= 0.3 is 5.97 Å². The molecule has 1 unspecified atom stereocenters. The van der Waals surface area contributed by atoms with Gasteiger partial charge in [-0.3, -0.25) is 0 Å². The summed E-state index contributed by atoms with van der Waals surface area (Å²) in [7, 11) is 0. The first kappa shape index (κ1) is 15.1. The molecule has 1 aromatic heterocycles. The third-order valence-corrected chi connectivity index (χ3v) is 3.42. The highest BCUT2D eigenvalue weighted by Crippen LogP contribution is 2.21. The van der Waals surface area contributed by atoms with E-state index in [1.54, 1.807) is 12.1 Å². The van der Waals surface area contributed by atoms with Crippen molar-refractivity contribution in [2.45, 2.75) is 33.1 Å². The van der Waals surface area contributed by atoms with E-state index in [0.29, 0.717) is 17.4 Å². The summed E-state index contributed by atoms with van der Waals surface area (Å²) in [5.74, 6) is 2.09. The summed E-state index contributed by atoms with van der Waals surface area (Å²) in [6.07, 6.45) is 4.05. The molecule has 2 rings (SSSR count). The number of rotatable bonds is 5. The van der Waals surface area contributed by atoms with Crippen LogP contribution in [0.3, 0.4) is 0 Å². The number of ether oxygens (including phenoxy) is 1. The van der Waals surface area contributed by atoms with E-state index in [9.17, 15) is 4.79 Å². The quantitative estimate of drug-likeness (QED) is 0.453. The van der Waals surface area contributed by atoms with E-state index in [1.807, 2.05) is 37.3 Å². The molecule has 2 aromatic rings. The van der Waals surface area contributed by atoms with Crippen molar-refractivity contribution < 1.29 is 13.9 Å². The average molecular weight is 284 g/mol. The Morgan fingerprint density at radius 3 is 2.52 bits per heavy atom. The summed E-state index contributed by atoms with van der Waals surface area (Å²) >= 11 is 0. The standard InChI is InChI=1S/C18H20O3/c1-4-13(2)15-6-9-17(10-7-15)21-18(19)12-11-16-8-5-14(3)20-16/h5-13H,4H2,1-3H3/b12-11+. The summed E-state index contributed by atoms with van der Waals surface area (Å²) in [5, 5.41) is 0. The van der Waals surface area contributed by atoms with Crippen LogP contribution in [0, 0.1) is 6.92 Å². The van der Waals surface area contributed by atoms with Gasteiger partial charge in [-0.25, -0.2) is 4.79 Å². The van der Waals surface area contributed by atoms with Crippen LogP contribution in [-0.4, -0.2) is 5.97 Å². The molecule has 0 saturated carbocycles. The zero-order valence-electron chi connectivity index (χ0n) is 12.6. The van der Waals surface area contributed by atoms with Crippen molar-refractivity contribution in [2.24, 2.45) is 0 Å². The molecule has 1 atom stereocenters. The second-order valence-corrected chi connectivity index (χ2v) is 5.08. The van der Waals surface area contributed by atoms with Gasteiger partial charge < -0.3 is 9.15 Å². The van der Waals surface area contributed by atoms with Crippen LogP contribution in [0.4, 0.5) is 0 Å². The summed E-state index contributed by atoms with van der Waals surface area (Å²) in [4.78, 5) is 11.7. The molecule has 0 fully saturated rings. The first-order valence-electron chi connectivity index (χ1n) is 7.14. The van der Waals surface area contributed by atoms with Crippen LogP contribution in [0.2, 0.25) is 0 Å². The zero-order chi connectivity index (χ0) is 15.2. The van der Waals surface area contributed by atoms with Crippen LogP contribution in [0.5, 0.6) is 5.75 Å². The highest BCUT2D eigenvalue weighted by molar-refractivity contribution is 5.88. The molecule has 0 bridgehead atoms. The number of carbonyl (C=O) groups is 1. The SMILES string of the molecule is CCC(C)c1ccc(OC(=O)/C=C/c2ccc(C)o2)cc1. The highest BCUT2D eigenvalue weighted by Gasteiger charge is 2.05. The van der Waals surface area contributed by atoms with Crippen molar-refractivity contribution in [1.82, 2.24) is 0 Å². The number of esters is 1. The van der Waals surface area contributed by atoms with Crippen LogP contribution in [-0.2, 0) is 4.79 Å². The third-order valence-electron chi connectivity index (χ3n) is 3.42. The van der Waals surface area contributed by atoms with Gasteiger partial charge in [0.05, 0.1) is 0 Å². The van der Waals surface area contributed by atoms with Crippen molar-refractivity contribution in [3.8, 4) is 5.75 Å². The van der Waals surface area contributed by atoms with Crippen LogP contribution in [0.1, 0.15) is 43.3 Å². The van der Waals surface area contributed by atoms with Crippen molar-refractivity contribution in [3.63, 3.8) is 0 Å². The zero-order valence-corrected chi connectivity index (χ0v) is 12.6. The van der Waals surface area contributed by atoms with Gasteiger partial charge in [-0.1, -0.05) is 26.0 Å². The lowest BCUT2D eigenvalue weighted by atomic mass is 9.99. The molecule has 3 heteroatoms. The molecule has 110 valence electrons. The number of carbonyl (C=O) groups excluding carboxylic acids is 1. The second kappa shape index (κ2) is 6.93. The van der Waals surface area contributed by atoms with E-state index in [-0.39, 0.29) is 0 Å². The van der Waals surface area contributed by atoms with Gasteiger partial charge in [0.1, 0.15) is 17.3 Å². The maximum absolute atomic E-state index is 11.7. The minimum Gasteiger partial charge on any atom is -0.462 e. The number of furan rings is 1. The molecule has 21 heavy (non-hydrogen) atoms. The van der Waals surface area contributed by atoms with Crippen LogP contribution in [0.25, 0.3) is 6.08 Å². The Hall–Kier alpha value is -2.29. The molecular weight excluding hydrogens is 264 g/mol. The predicted molar refractivity (Wildman–Crippen MR) is 83.3 cm³/mol. The van der Waals surface area contributed by atoms with Crippen LogP contribution < -0.4 is 4.74 Å². The van der Waals surface area contributed by atoms with Crippen molar-refractivity contribution in [2.75, 3.05) is 0 Å². The number of hydrogen-bond acceptors (Lipinski definition) is 3. The van der Waals surface area contributed by atoms with Gasteiger partial charge in [0.2, 0.25) is 0 Å². The van der Waals surface area contributed by atoms with Gasteiger partial charge in [0.15, 0.2) is 0 Å². The maximum Gasteiger partial charge on any atom is 0.336 e. The minimum atomic E-state index is -0.416. The molecule has 0 aliphatic heterocycles. The summed E-state index contributed by atoms with van der Waals surface area (Å²) < 4.78 is 10.6. The van der Waals surface area contributed by atoms with Crippen LogP contribution >= 0.6 is 0 Å². The summed E-state index contributed by atoms with van der Waals surface area (Å²) in [6, 6.07) is 11.3. The van der Waals surface area contributed by atoms with Crippen molar-refractivity contribution >= 4 is 12.0 Å². The van der Waals surface area contributed by atoms with Crippen molar-refractivity contribution in [3.05, 3.63) is 59.6 Å². The largest absolute Gasteiger partial charge is 0.462 e. The van der Waals surface area contributed by atoms with E-state index < -0.39 is 5.97 Å². The molecule has 0 aliphatic rings. The number of hydrogen-bond donors (Lipinski definition) is 0. The number of aryl methyl sites for hydroxylation is 1. The highest BCUT2D eigenvalue weighted by atomic mass is 16.5. The lowest BCUT2D eigenvalue weighted by Crippen LogP contribution is -2.03. The molecule has 1 aromatic carbocycles. The first-order valence-corrected chi connectivity index (χ1v) is 7.14. The van der Waals surface area contributed by atoms with Gasteiger partial charge in [0, 0.05) is 6.08 Å². The summed E-state index contributed by atoms with van der Waals surface area (Å²) in [6.45, 7) is 6.18. The molecule has 0 radical (unpaired) electrons. The molecule has 0 spiro atoms. The normalized spacial score (nSPS) is 12.5. The minimum absolute atomic E-state index is 0.416. The fourth-order valence-corrected chi connectivity index (χ4v) is 1.94. The molecule has 3 nitrogen and oxygen atoms in total. The second-order valence-electron chi connectivity index (χ2n) is 5.08. The van der Waals surface area contributed by atoms with Crippen molar-refractivity contribution in [1.29, 1.82) is 0 Å². The number of benzene rings is 1. The smallest absolute Gasteiger partial charge is 0.336 e. The first-order chi connectivity index (χ1) is 10.1. The molecule has 0 aliphatic carbocycles. The van der Waals surface area contributed by atoms with E-state index in [1.165, 1.54) is 11.6 Å². The average Bonchev–Trinajstić information content (AvgIpc) is 2.91. The Balaban J connectivity index is 1.95. The Kier molecular flexibility index (Phi) is 4.99. The Bertz CT molecular complexity index is 620. The van der Waals surface area contributed by atoms with E-state index in [2.05, 4.69) is 13.8 Å². The third kappa shape index (κ3) is 4.35. The lowest BCUT2D eigenvalue weighted by molar-refractivity contribution is -0.128. The Morgan fingerprint density at radius 2 is 1.95 bits per heavy atom. The van der Waals surface area contributed by atoms with Gasteiger partial charge in [-0.15, -0.1) is 0 Å². The van der Waals surface area contributed by atoms with E-state index in [0.717, 1.165) is 12.2 Å². The molecule has 0 saturated heterocycles. The molecule has 0 amide bonds. The van der Waals surface area contributed by atoms with Gasteiger partial charge in [-0.2, -0.15) is 0 Å². The summed E-state index contributed by atoms with van der Waals surface area (Å²) in [5.41, 5.74) is 1.25. The molecular formula is C18H20O3. The monoisotopic (exact) mass is 284 g/mol. The fraction of sp³-hybridized carbons (Fsp3) is 0.278. The molecule has 0 N–H and O–H groups in total. The predicted octanol–water partition coefficient (Wildman–Crippen LogP) is 4.72. The topological polar surface area (TPSA) is 39.4 Å². The van der Waals surface area contributed by atoms with E-state index >= 15 is 0 Å². The Morgan fingerprint density at radius 1 is 1.24 bits per heavy atom. The lowest BCUT2D eigenvalue weighted by Gasteiger charge is -2.09. The van der Waals surface area contributed by atoms with Crippen LogP contribution in [0.15, 0.2) is 46.9 Å². The fourth-order valence-electron chi connectivity index (χ4n) is 1.94. The molecule has 1 heterocycles. The van der Waals surface area contributed by atoms with E-state index in [4.69, 9.17) is 9.15 Å². The van der Waals surface area contributed by atoms with Gasteiger partial charge in [-0.05, 0) is 55.2 Å². The Labute approximate surface area is 125 Å².